The van der Waals surface area contributed by atoms with Crippen molar-refractivity contribution in [1.29, 1.82) is 0 Å². The minimum absolute atomic E-state index is 0.588. The second-order valence-electron chi connectivity index (χ2n) is 4.67. The fraction of sp³-hybridized carbons (Fsp3) is 0.538. The van der Waals surface area contributed by atoms with E-state index in [-0.39, 0.29) is 0 Å². The number of imidazole rings is 1. The Hall–Kier alpha value is -1.13. The third-order valence-corrected chi connectivity index (χ3v) is 3.60. The van der Waals surface area contributed by atoms with Gasteiger partial charge in [0.25, 0.3) is 0 Å². The molecule has 0 saturated carbocycles. The maximum Gasteiger partial charge on any atom is 0.111 e. The van der Waals surface area contributed by atoms with Gasteiger partial charge in [-0.3, -0.25) is 4.98 Å². The zero-order valence-corrected chi connectivity index (χ0v) is 10.9. The molecule has 18 heavy (non-hydrogen) atoms. The lowest BCUT2D eigenvalue weighted by atomic mass is 10.1. The lowest BCUT2D eigenvalue weighted by Crippen LogP contribution is -2.13. The van der Waals surface area contributed by atoms with E-state index in [2.05, 4.69) is 14.5 Å². The monoisotopic (exact) mass is 265 g/mol. The number of alkyl halides is 1. The van der Waals surface area contributed by atoms with Gasteiger partial charge in [-0.25, -0.2) is 4.98 Å². The second-order valence-corrected chi connectivity index (χ2v) is 5.05. The van der Waals surface area contributed by atoms with Gasteiger partial charge in [-0.2, -0.15) is 0 Å². The number of rotatable bonds is 4. The highest BCUT2D eigenvalue weighted by Crippen LogP contribution is 2.21. The molecule has 96 valence electrons. The SMILES string of the molecule is ClCCc1nc2cnccc2n1CC1CCOC1. The van der Waals surface area contributed by atoms with E-state index in [1.54, 1.807) is 0 Å². The van der Waals surface area contributed by atoms with Crippen LogP contribution in [0, 0.1) is 5.92 Å². The molecule has 4 nitrogen and oxygen atoms in total. The molecule has 1 aliphatic heterocycles. The molecule has 0 aliphatic carbocycles. The molecule has 1 saturated heterocycles. The smallest absolute Gasteiger partial charge is 0.111 e. The lowest BCUT2D eigenvalue weighted by Gasteiger charge is -2.12. The van der Waals surface area contributed by atoms with Crippen molar-refractivity contribution in [2.24, 2.45) is 5.92 Å². The molecule has 0 spiro atoms. The van der Waals surface area contributed by atoms with Crippen molar-refractivity contribution in [2.45, 2.75) is 19.4 Å². The summed E-state index contributed by atoms with van der Waals surface area (Å²) in [5.74, 6) is 2.24. The summed E-state index contributed by atoms with van der Waals surface area (Å²) in [6, 6.07) is 2.02. The summed E-state index contributed by atoms with van der Waals surface area (Å²) < 4.78 is 7.72. The topological polar surface area (TPSA) is 39.9 Å². The summed E-state index contributed by atoms with van der Waals surface area (Å²) >= 11 is 5.86. The van der Waals surface area contributed by atoms with Crippen molar-refractivity contribution in [2.75, 3.05) is 19.1 Å². The van der Waals surface area contributed by atoms with E-state index >= 15 is 0 Å². The molecule has 1 unspecified atom stereocenters. The largest absolute Gasteiger partial charge is 0.381 e. The molecule has 1 fully saturated rings. The summed E-state index contributed by atoms with van der Waals surface area (Å²) in [7, 11) is 0. The Kier molecular flexibility index (Phi) is 3.48. The predicted octanol–water partition coefficient (Wildman–Crippen LogP) is 2.25. The van der Waals surface area contributed by atoms with Crippen LogP contribution >= 0.6 is 11.6 Å². The molecule has 2 aromatic heterocycles. The predicted molar refractivity (Wildman–Crippen MR) is 70.9 cm³/mol. The van der Waals surface area contributed by atoms with Crippen molar-refractivity contribution < 1.29 is 4.74 Å². The zero-order valence-electron chi connectivity index (χ0n) is 10.2. The van der Waals surface area contributed by atoms with Crippen LogP contribution < -0.4 is 0 Å². The molecule has 2 aromatic rings. The molecule has 0 aromatic carbocycles. The maximum atomic E-state index is 5.86. The fourth-order valence-electron chi connectivity index (χ4n) is 2.50. The van der Waals surface area contributed by atoms with E-state index in [4.69, 9.17) is 16.3 Å². The summed E-state index contributed by atoms with van der Waals surface area (Å²) in [5, 5.41) is 0. The Morgan fingerprint density at radius 3 is 3.22 bits per heavy atom. The molecule has 3 rings (SSSR count). The van der Waals surface area contributed by atoms with Gasteiger partial charge in [0.1, 0.15) is 11.3 Å². The quantitative estimate of drug-likeness (QED) is 0.796. The van der Waals surface area contributed by atoms with Gasteiger partial charge >= 0.3 is 0 Å². The van der Waals surface area contributed by atoms with E-state index < -0.39 is 0 Å². The summed E-state index contributed by atoms with van der Waals surface area (Å²) in [4.78, 5) is 8.75. The first-order valence-corrected chi connectivity index (χ1v) is 6.85. The number of aryl methyl sites for hydroxylation is 1. The van der Waals surface area contributed by atoms with Crippen LogP contribution in [0.2, 0.25) is 0 Å². The maximum absolute atomic E-state index is 5.86. The lowest BCUT2D eigenvalue weighted by molar-refractivity contribution is 0.182. The first-order valence-electron chi connectivity index (χ1n) is 6.31. The molecule has 5 heteroatoms. The van der Waals surface area contributed by atoms with Crippen LogP contribution in [0.1, 0.15) is 12.2 Å². The molecule has 1 atom stereocenters. The van der Waals surface area contributed by atoms with Gasteiger partial charge in [0.05, 0.1) is 18.3 Å². The van der Waals surface area contributed by atoms with E-state index in [0.29, 0.717) is 11.8 Å². The summed E-state index contributed by atoms with van der Waals surface area (Å²) in [6.45, 7) is 2.70. The van der Waals surface area contributed by atoms with E-state index in [9.17, 15) is 0 Å². The zero-order chi connectivity index (χ0) is 12.4. The highest BCUT2D eigenvalue weighted by atomic mass is 35.5. The first-order chi connectivity index (χ1) is 8.88. The molecule has 1 aliphatic rings. The standard InChI is InChI=1S/C13H16ClN3O/c14-4-1-13-16-11-7-15-5-2-12(11)17(13)8-10-3-6-18-9-10/h2,5,7,10H,1,3-4,6,8-9H2. The van der Waals surface area contributed by atoms with Gasteiger partial charge in [0.2, 0.25) is 0 Å². The van der Waals surface area contributed by atoms with Crippen LogP contribution in [-0.4, -0.2) is 33.6 Å². The van der Waals surface area contributed by atoms with Crippen molar-refractivity contribution in [1.82, 2.24) is 14.5 Å². The Bertz CT molecular complexity index is 534. The molecular weight excluding hydrogens is 250 g/mol. The van der Waals surface area contributed by atoms with Crippen molar-refractivity contribution in [3.8, 4) is 0 Å². The van der Waals surface area contributed by atoms with Crippen LogP contribution in [0.25, 0.3) is 11.0 Å². The Morgan fingerprint density at radius 1 is 1.50 bits per heavy atom. The van der Waals surface area contributed by atoms with Crippen LogP contribution in [0.15, 0.2) is 18.5 Å². The molecular formula is C13H16ClN3O. The van der Waals surface area contributed by atoms with E-state index in [1.807, 2.05) is 18.5 Å². The first kappa shape index (κ1) is 11.9. The number of halogens is 1. The average Bonchev–Trinajstić information content (AvgIpc) is 3.00. The highest BCUT2D eigenvalue weighted by Gasteiger charge is 2.19. The number of hydrogen-bond acceptors (Lipinski definition) is 3. The molecule has 0 N–H and O–H groups in total. The van der Waals surface area contributed by atoms with Crippen molar-refractivity contribution >= 4 is 22.6 Å². The van der Waals surface area contributed by atoms with E-state index in [1.165, 1.54) is 0 Å². The molecule has 3 heterocycles. The fourth-order valence-corrected chi connectivity index (χ4v) is 2.67. The van der Waals surface area contributed by atoms with Gasteiger partial charge in [-0.05, 0) is 12.5 Å². The summed E-state index contributed by atoms with van der Waals surface area (Å²) in [5.41, 5.74) is 2.11. The van der Waals surface area contributed by atoms with Crippen LogP contribution in [0.3, 0.4) is 0 Å². The number of nitrogens with zero attached hydrogens (tertiary/aromatic N) is 3. The third kappa shape index (κ3) is 2.22. The van der Waals surface area contributed by atoms with Gasteiger partial charge < -0.3 is 9.30 Å². The van der Waals surface area contributed by atoms with Crippen LogP contribution in [0.5, 0.6) is 0 Å². The third-order valence-electron chi connectivity index (χ3n) is 3.41. The Morgan fingerprint density at radius 2 is 2.44 bits per heavy atom. The van der Waals surface area contributed by atoms with Crippen LogP contribution in [-0.2, 0) is 17.7 Å². The van der Waals surface area contributed by atoms with E-state index in [0.717, 1.165) is 49.5 Å². The Labute approximate surface area is 111 Å². The van der Waals surface area contributed by atoms with Gasteiger partial charge in [-0.15, -0.1) is 11.6 Å². The molecule has 0 radical (unpaired) electrons. The number of pyridine rings is 1. The number of aromatic nitrogens is 3. The minimum atomic E-state index is 0.588. The minimum Gasteiger partial charge on any atom is -0.381 e. The Balaban J connectivity index is 1.97. The number of ether oxygens (including phenoxy) is 1. The highest BCUT2D eigenvalue weighted by molar-refractivity contribution is 6.17. The number of fused-ring (bicyclic) bond motifs is 1. The van der Waals surface area contributed by atoms with Crippen molar-refractivity contribution in [3.05, 3.63) is 24.3 Å². The van der Waals surface area contributed by atoms with Crippen molar-refractivity contribution in [3.63, 3.8) is 0 Å². The van der Waals surface area contributed by atoms with Gasteiger partial charge in [0, 0.05) is 37.6 Å². The molecule has 0 bridgehead atoms. The van der Waals surface area contributed by atoms with Crippen LogP contribution in [0.4, 0.5) is 0 Å². The second kappa shape index (κ2) is 5.24. The van der Waals surface area contributed by atoms with Gasteiger partial charge in [-0.1, -0.05) is 0 Å². The van der Waals surface area contributed by atoms with Gasteiger partial charge in [0.15, 0.2) is 0 Å². The number of hydrogen-bond donors (Lipinski definition) is 0. The summed E-state index contributed by atoms with van der Waals surface area (Å²) in [6.07, 6.45) is 5.56. The molecule has 0 amide bonds. The normalized spacial score (nSPS) is 19.7. The average molecular weight is 266 g/mol.